The first-order valence-electron chi connectivity index (χ1n) is 5.68. The fourth-order valence-corrected chi connectivity index (χ4v) is 1.93. The van der Waals surface area contributed by atoms with Gasteiger partial charge in [0, 0.05) is 24.7 Å². The average Bonchev–Trinajstić information content (AvgIpc) is 2.38. The largest absolute Gasteiger partial charge is 0.368 e. The molecule has 2 rings (SSSR count). The molecule has 0 unspecified atom stereocenters. The Balaban J connectivity index is 2.27. The Morgan fingerprint density at radius 1 is 1.21 bits per heavy atom. The Bertz CT molecular complexity index is 572. The molecule has 3 N–H and O–H groups in total. The van der Waals surface area contributed by atoms with Crippen molar-refractivity contribution in [1.82, 2.24) is 15.0 Å². The minimum atomic E-state index is 0.197. The summed E-state index contributed by atoms with van der Waals surface area (Å²) in [5.41, 5.74) is 6.59. The lowest BCUT2D eigenvalue weighted by Gasteiger charge is -2.12. The summed E-state index contributed by atoms with van der Waals surface area (Å²) in [5.74, 6) is 1.16. The number of nitrogens with one attached hydrogen (secondary N) is 1. The standard InChI is InChI=1S/C12H16N6S/c1-18(2)12-16-10(13)15-11(17-12)14-8-5-4-6-9(7-8)19-3/h4-7H,1-3H3,(H3,13,14,15,16,17). The molecule has 7 heteroatoms. The van der Waals surface area contributed by atoms with E-state index in [1.165, 1.54) is 4.90 Å². The smallest absolute Gasteiger partial charge is 0.233 e. The van der Waals surface area contributed by atoms with Crippen LogP contribution in [0, 0.1) is 0 Å². The van der Waals surface area contributed by atoms with Gasteiger partial charge in [0.15, 0.2) is 0 Å². The normalized spacial score (nSPS) is 10.3. The summed E-state index contributed by atoms with van der Waals surface area (Å²) in [6.07, 6.45) is 2.03. The van der Waals surface area contributed by atoms with Gasteiger partial charge in [-0.3, -0.25) is 0 Å². The Labute approximate surface area is 116 Å². The third-order valence-electron chi connectivity index (χ3n) is 2.37. The second kappa shape index (κ2) is 5.75. The van der Waals surface area contributed by atoms with E-state index in [9.17, 15) is 0 Å². The van der Waals surface area contributed by atoms with Crippen molar-refractivity contribution in [1.29, 1.82) is 0 Å². The summed E-state index contributed by atoms with van der Waals surface area (Å²) in [6, 6.07) is 8.00. The molecule has 0 spiro atoms. The van der Waals surface area contributed by atoms with Crippen LogP contribution in [-0.4, -0.2) is 35.3 Å². The molecule has 100 valence electrons. The number of hydrogen-bond donors (Lipinski definition) is 2. The Hall–Kier alpha value is -2.02. The summed E-state index contributed by atoms with van der Waals surface area (Å²) in [7, 11) is 3.71. The van der Waals surface area contributed by atoms with E-state index in [1.54, 1.807) is 16.7 Å². The van der Waals surface area contributed by atoms with E-state index in [-0.39, 0.29) is 5.95 Å². The molecule has 1 aromatic carbocycles. The summed E-state index contributed by atoms with van der Waals surface area (Å²) >= 11 is 1.68. The van der Waals surface area contributed by atoms with Crippen LogP contribution in [-0.2, 0) is 0 Å². The summed E-state index contributed by atoms with van der Waals surface area (Å²) in [6.45, 7) is 0. The van der Waals surface area contributed by atoms with Crippen LogP contribution in [0.1, 0.15) is 0 Å². The SMILES string of the molecule is CSc1cccc(Nc2nc(N)nc(N(C)C)n2)c1. The predicted octanol–water partition coefficient (Wildman–Crippen LogP) is 1.99. The molecule has 0 saturated carbocycles. The van der Waals surface area contributed by atoms with Gasteiger partial charge in [-0.15, -0.1) is 11.8 Å². The van der Waals surface area contributed by atoms with E-state index in [2.05, 4.69) is 20.3 Å². The van der Waals surface area contributed by atoms with E-state index in [1.807, 2.05) is 44.6 Å². The monoisotopic (exact) mass is 276 g/mol. The van der Waals surface area contributed by atoms with Crippen molar-refractivity contribution < 1.29 is 0 Å². The van der Waals surface area contributed by atoms with Crippen LogP contribution in [0.25, 0.3) is 0 Å². The molecule has 0 bridgehead atoms. The molecule has 0 amide bonds. The van der Waals surface area contributed by atoms with Crippen LogP contribution in [0.2, 0.25) is 0 Å². The van der Waals surface area contributed by atoms with Gasteiger partial charge < -0.3 is 16.0 Å². The maximum atomic E-state index is 5.67. The van der Waals surface area contributed by atoms with Gasteiger partial charge >= 0.3 is 0 Å². The predicted molar refractivity (Wildman–Crippen MR) is 80.1 cm³/mol. The Morgan fingerprint density at radius 2 is 2.00 bits per heavy atom. The van der Waals surface area contributed by atoms with Gasteiger partial charge in [0.1, 0.15) is 0 Å². The van der Waals surface area contributed by atoms with Gasteiger partial charge in [0.2, 0.25) is 17.8 Å². The van der Waals surface area contributed by atoms with Gasteiger partial charge in [-0.1, -0.05) is 6.07 Å². The molecule has 1 aromatic heterocycles. The van der Waals surface area contributed by atoms with Crippen molar-refractivity contribution in [3.63, 3.8) is 0 Å². The van der Waals surface area contributed by atoms with E-state index in [0.29, 0.717) is 11.9 Å². The fourth-order valence-electron chi connectivity index (χ4n) is 1.47. The summed E-state index contributed by atoms with van der Waals surface area (Å²) < 4.78 is 0. The van der Waals surface area contributed by atoms with Crippen LogP contribution in [0.4, 0.5) is 23.5 Å². The molecule has 0 aliphatic heterocycles. The number of benzene rings is 1. The van der Waals surface area contributed by atoms with Crippen LogP contribution in [0.5, 0.6) is 0 Å². The van der Waals surface area contributed by atoms with Gasteiger partial charge in [-0.25, -0.2) is 0 Å². The van der Waals surface area contributed by atoms with E-state index in [0.717, 1.165) is 5.69 Å². The molecule has 0 fully saturated rings. The first-order chi connectivity index (χ1) is 9.08. The van der Waals surface area contributed by atoms with Crippen molar-refractivity contribution in [2.24, 2.45) is 0 Å². The lowest BCUT2D eigenvalue weighted by Crippen LogP contribution is -2.15. The highest BCUT2D eigenvalue weighted by molar-refractivity contribution is 7.98. The molecule has 2 aromatic rings. The molecule has 0 saturated heterocycles. The van der Waals surface area contributed by atoms with Gasteiger partial charge in [0.05, 0.1) is 0 Å². The van der Waals surface area contributed by atoms with Gasteiger partial charge in [-0.2, -0.15) is 15.0 Å². The van der Waals surface area contributed by atoms with Crippen molar-refractivity contribution in [3.8, 4) is 0 Å². The topological polar surface area (TPSA) is 80.0 Å². The quantitative estimate of drug-likeness (QED) is 0.826. The van der Waals surface area contributed by atoms with Crippen LogP contribution in [0.3, 0.4) is 0 Å². The maximum absolute atomic E-state index is 5.67. The zero-order valence-electron chi connectivity index (χ0n) is 11.1. The van der Waals surface area contributed by atoms with Crippen molar-refractivity contribution in [2.75, 3.05) is 36.3 Å². The zero-order chi connectivity index (χ0) is 13.8. The highest BCUT2D eigenvalue weighted by atomic mass is 32.2. The fraction of sp³-hybridized carbons (Fsp3) is 0.250. The van der Waals surface area contributed by atoms with E-state index >= 15 is 0 Å². The third-order valence-corrected chi connectivity index (χ3v) is 3.09. The molecule has 0 atom stereocenters. The van der Waals surface area contributed by atoms with Crippen LogP contribution in [0.15, 0.2) is 29.2 Å². The Morgan fingerprint density at radius 3 is 2.68 bits per heavy atom. The van der Waals surface area contributed by atoms with E-state index < -0.39 is 0 Å². The van der Waals surface area contributed by atoms with Gasteiger partial charge in [-0.05, 0) is 24.5 Å². The summed E-state index contributed by atoms with van der Waals surface area (Å²) in [5, 5.41) is 3.13. The highest BCUT2D eigenvalue weighted by Gasteiger charge is 2.06. The highest BCUT2D eigenvalue weighted by Crippen LogP contribution is 2.21. The first kappa shape index (κ1) is 13.4. The number of hydrogen-bond acceptors (Lipinski definition) is 7. The average molecular weight is 276 g/mol. The van der Waals surface area contributed by atoms with Gasteiger partial charge in [0.25, 0.3) is 0 Å². The molecule has 19 heavy (non-hydrogen) atoms. The second-order valence-electron chi connectivity index (χ2n) is 4.07. The number of aromatic nitrogens is 3. The maximum Gasteiger partial charge on any atom is 0.233 e. The molecular weight excluding hydrogens is 260 g/mol. The molecule has 0 radical (unpaired) electrons. The number of rotatable bonds is 4. The minimum absolute atomic E-state index is 0.197. The molecule has 0 aliphatic rings. The number of nitrogens with two attached hydrogens (primary N) is 1. The van der Waals surface area contributed by atoms with Crippen molar-refractivity contribution >= 4 is 35.3 Å². The van der Waals surface area contributed by atoms with Crippen molar-refractivity contribution in [2.45, 2.75) is 4.90 Å². The lowest BCUT2D eigenvalue weighted by molar-refractivity contribution is 0.969. The molecule has 0 aliphatic carbocycles. The first-order valence-corrected chi connectivity index (χ1v) is 6.91. The van der Waals surface area contributed by atoms with Crippen molar-refractivity contribution in [3.05, 3.63) is 24.3 Å². The second-order valence-corrected chi connectivity index (χ2v) is 4.95. The number of nitrogen functional groups attached to an aromatic ring is 1. The van der Waals surface area contributed by atoms with Crippen LogP contribution < -0.4 is 16.0 Å². The summed E-state index contributed by atoms with van der Waals surface area (Å²) in [4.78, 5) is 15.4. The minimum Gasteiger partial charge on any atom is -0.368 e. The third kappa shape index (κ3) is 3.47. The lowest BCUT2D eigenvalue weighted by atomic mass is 10.3. The van der Waals surface area contributed by atoms with Crippen LogP contribution >= 0.6 is 11.8 Å². The number of thioether (sulfide) groups is 1. The number of anilines is 4. The molecule has 1 heterocycles. The number of nitrogens with zero attached hydrogens (tertiary/aromatic N) is 4. The van der Waals surface area contributed by atoms with E-state index in [4.69, 9.17) is 5.73 Å². The molecular formula is C12H16N6S. The Kier molecular flexibility index (Phi) is 4.06. The zero-order valence-corrected chi connectivity index (χ0v) is 11.9. The molecule has 6 nitrogen and oxygen atoms in total.